The summed E-state index contributed by atoms with van der Waals surface area (Å²) < 4.78 is 64.0. The van der Waals surface area contributed by atoms with E-state index in [2.05, 4.69) is 24.3 Å². The smallest absolute Gasteiger partial charge is 0.597 e. The van der Waals surface area contributed by atoms with E-state index in [0.29, 0.717) is 0 Å². The molecule has 0 amide bonds. The van der Waals surface area contributed by atoms with Gasteiger partial charge in [-0.05, 0) is 36.6 Å². The molecule has 0 saturated carbocycles. The van der Waals surface area contributed by atoms with Crippen molar-refractivity contribution in [3.63, 3.8) is 0 Å². The van der Waals surface area contributed by atoms with Gasteiger partial charge in [-0.2, -0.15) is 12.2 Å². The Morgan fingerprint density at radius 1 is 0.532 bits per heavy atom. The van der Waals surface area contributed by atoms with E-state index in [0.717, 1.165) is 35.3 Å². The fourth-order valence-corrected chi connectivity index (χ4v) is 7.69. The molecule has 0 unspecified atom stereocenters. The van der Waals surface area contributed by atoms with Crippen molar-refractivity contribution in [3.05, 3.63) is 169 Å². The Balaban J connectivity index is 0.000000248. The van der Waals surface area contributed by atoms with E-state index in [-0.39, 0.29) is 33.2 Å². The van der Waals surface area contributed by atoms with Gasteiger partial charge in [-0.15, -0.1) is 49.2 Å². The summed E-state index contributed by atoms with van der Waals surface area (Å²) in [7, 11) is -4.50. The van der Waals surface area contributed by atoms with Gasteiger partial charge in [-0.3, -0.25) is 12.2 Å². The van der Waals surface area contributed by atoms with Gasteiger partial charge in [0.2, 0.25) is 0 Å². The van der Waals surface area contributed by atoms with E-state index in [1.165, 1.54) is 12.1 Å². The van der Waals surface area contributed by atoms with Crippen LogP contribution in [0.5, 0.6) is 11.5 Å². The van der Waals surface area contributed by atoms with Crippen molar-refractivity contribution in [1.82, 2.24) is 0 Å². The van der Waals surface area contributed by atoms with Crippen molar-refractivity contribution in [1.29, 1.82) is 0 Å². The van der Waals surface area contributed by atoms with Gasteiger partial charge in [0.05, 0.1) is 11.6 Å². The van der Waals surface area contributed by atoms with Crippen LogP contribution in [-0.2, 0) is 21.7 Å². The molecule has 0 heterocycles. The van der Waals surface area contributed by atoms with Crippen LogP contribution < -0.4 is 19.2 Å². The third-order valence-corrected chi connectivity index (χ3v) is 11.4. The Labute approximate surface area is 293 Å². The summed E-state index contributed by atoms with van der Waals surface area (Å²) in [6.07, 6.45) is 20.0. The molecule has 9 heteroatoms. The summed E-state index contributed by atoms with van der Waals surface area (Å²) in [6, 6.07) is 28.2. The summed E-state index contributed by atoms with van der Waals surface area (Å²) in [5.74, 6) is -2.91. The molecule has 0 radical (unpaired) electrons. The Morgan fingerprint density at radius 2 is 0.894 bits per heavy atom. The normalized spacial score (nSPS) is 12.4. The van der Waals surface area contributed by atoms with E-state index < -0.39 is 39.9 Å². The fraction of sp³-hybridized carbons (Fsp3) is 0.158. The molecule has 0 spiro atoms. The maximum Gasteiger partial charge on any atom is 4.00 e. The summed E-state index contributed by atoms with van der Waals surface area (Å²) in [5, 5.41) is 2.10. The number of rotatable bonds is 6. The first-order valence-electron chi connectivity index (χ1n) is 14.6. The molecule has 0 N–H and O–H groups in total. The van der Waals surface area contributed by atoms with Crippen molar-refractivity contribution >= 4 is 27.0 Å². The molecule has 0 bridgehead atoms. The topological polar surface area (TPSA) is 18.5 Å². The Bertz CT molecular complexity index is 1500. The van der Waals surface area contributed by atoms with E-state index in [4.69, 9.17) is 8.85 Å². The molecule has 4 aromatic carbocycles. The van der Waals surface area contributed by atoms with E-state index in [1.54, 1.807) is 0 Å². The predicted octanol–water partition coefficient (Wildman–Crippen LogP) is 9.12. The molecule has 0 aromatic heterocycles. The van der Waals surface area contributed by atoms with Crippen LogP contribution in [0.1, 0.15) is 12.8 Å². The van der Waals surface area contributed by atoms with Gasteiger partial charge in [0.25, 0.3) is 16.6 Å². The number of halogens is 4. The predicted molar refractivity (Wildman–Crippen MR) is 182 cm³/mol. The average Bonchev–Trinajstić information content (AvgIpc) is 3.82. The second-order valence-corrected chi connectivity index (χ2v) is 18.5. The van der Waals surface area contributed by atoms with Gasteiger partial charge in [0.15, 0.2) is 0 Å². The standard InChI is InChI=1S/2C14H13F2OSi.2C5H5.Ti/c2*1-18(2,12-6-4-3-5-7-12)17-14-9-8-11(15)10-13(14)16;2*1-2-4-5-3-1;/h2*3-9H,1-2H3;2*1-3H,4H2;/q4*-1;+4. The molecule has 240 valence electrons. The molecule has 47 heavy (non-hydrogen) atoms. The number of hydrogen-bond donors (Lipinski definition) is 0. The third-order valence-electron chi connectivity index (χ3n) is 6.49. The van der Waals surface area contributed by atoms with Crippen molar-refractivity contribution in [2.45, 2.75) is 39.0 Å². The van der Waals surface area contributed by atoms with Crippen LogP contribution in [0, 0.1) is 47.6 Å². The number of hydrogen-bond acceptors (Lipinski definition) is 2. The van der Waals surface area contributed by atoms with Crippen LogP contribution in [0.2, 0.25) is 26.2 Å². The zero-order valence-corrected chi connectivity index (χ0v) is 30.4. The minimum atomic E-state index is -2.25. The fourth-order valence-electron chi connectivity index (χ4n) is 4.04. The molecule has 0 atom stereocenters. The molecule has 0 saturated heterocycles. The Kier molecular flexibility index (Phi) is 16.7. The van der Waals surface area contributed by atoms with Crippen LogP contribution in [0.4, 0.5) is 17.6 Å². The van der Waals surface area contributed by atoms with Crippen LogP contribution in [0.3, 0.4) is 0 Å². The van der Waals surface area contributed by atoms with Crippen LogP contribution in [0.25, 0.3) is 0 Å². The summed E-state index contributed by atoms with van der Waals surface area (Å²) in [5.41, 5.74) is 0. The van der Waals surface area contributed by atoms with Gasteiger partial charge >= 0.3 is 21.7 Å². The van der Waals surface area contributed by atoms with Crippen LogP contribution >= 0.6 is 0 Å². The monoisotopic (exact) mass is 704 g/mol. The maximum absolute atomic E-state index is 13.5. The molecular weight excluding hydrogens is 668 g/mol. The van der Waals surface area contributed by atoms with Crippen molar-refractivity contribution < 1.29 is 48.1 Å². The average molecular weight is 705 g/mol. The summed E-state index contributed by atoms with van der Waals surface area (Å²) in [4.78, 5) is 0. The summed E-state index contributed by atoms with van der Waals surface area (Å²) >= 11 is 0. The molecule has 0 aliphatic heterocycles. The minimum absolute atomic E-state index is 0. The SMILES string of the molecule is C[Si](C)(Oc1ccc(F)[c-]c1F)c1ccccc1.C[Si](C)(Oc1ccc(F)[c-]c1F)c1ccccc1.[C-]1=CC=CC1.[C-]1=CC=CC1.[Ti+4]. The van der Waals surface area contributed by atoms with E-state index >= 15 is 0 Å². The minimum Gasteiger partial charge on any atom is -0.597 e. The Hall–Kier alpha value is -3.69. The van der Waals surface area contributed by atoms with Crippen molar-refractivity contribution in [2.24, 2.45) is 0 Å². The first kappa shape index (κ1) is 39.5. The maximum atomic E-state index is 13.5. The first-order valence-corrected chi connectivity index (χ1v) is 20.5. The zero-order chi connectivity index (χ0) is 33.4. The Morgan fingerprint density at radius 3 is 1.15 bits per heavy atom. The second kappa shape index (κ2) is 19.8. The number of allylic oxidation sites excluding steroid dienone is 8. The molecule has 2 aliphatic carbocycles. The molecule has 0 fully saturated rings. The van der Waals surface area contributed by atoms with E-state index in [1.807, 2.05) is 123 Å². The molecule has 2 nitrogen and oxygen atoms in total. The first-order chi connectivity index (χ1) is 22.0. The third kappa shape index (κ3) is 13.9. The molecule has 2 aliphatic rings. The van der Waals surface area contributed by atoms with Gasteiger partial charge in [0, 0.05) is 23.1 Å². The van der Waals surface area contributed by atoms with Gasteiger partial charge < -0.3 is 8.85 Å². The quantitative estimate of drug-likeness (QED) is 0.113. The molecular formula is C38H36F4O2Si2Ti. The van der Waals surface area contributed by atoms with Crippen molar-refractivity contribution in [2.75, 3.05) is 0 Å². The summed E-state index contributed by atoms with van der Waals surface area (Å²) in [6.45, 7) is 7.85. The second-order valence-electron chi connectivity index (χ2n) is 10.9. The molecule has 4 aromatic rings. The zero-order valence-electron chi connectivity index (χ0n) is 26.8. The largest absolute Gasteiger partial charge is 4.00 e. The van der Waals surface area contributed by atoms with Gasteiger partial charge in [0.1, 0.15) is 0 Å². The van der Waals surface area contributed by atoms with Gasteiger partial charge in [-0.1, -0.05) is 60.7 Å². The van der Waals surface area contributed by atoms with E-state index in [9.17, 15) is 17.6 Å². The van der Waals surface area contributed by atoms with Gasteiger partial charge in [-0.25, -0.2) is 41.9 Å². The number of benzene rings is 4. The van der Waals surface area contributed by atoms with Crippen molar-refractivity contribution in [3.8, 4) is 11.5 Å². The molecule has 6 rings (SSSR count). The van der Waals surface area contributed by atoms with Crippen LogP contribution in [-0.4, -0.2) is 16.6 Å². The van der Waals surface area contributed by atoms with Crippen LogP contribution in [0.15, 0.2) is 121 Å².